The quantitative estimate of drug-likeness (QED) is 0.790. The molecule has 1 aromatic heterocycles. The van der Waals surface area contributed by atoms with E-state index in [0.717, 1.165) is 12.1 Å². The van der Waals surface area contributed by atoms with Crippen LogP contribution in [0.25, 0.3) is 0 Å². The highest BCUT2D eigenvalue weighted by molar-refractivity contribution is 7.84. The molecule has 2 aromatic rings. The summed E-state index contributed by atoms with van der Waals surface area (Å²) in [7, 11) is -1.32. The first-order valence-corrected chi connectivity index (χ1v) is 7.66. The van der Waals surface area contributed by atoms with E-state index in [-0.39, 0.29) is 23.0 Å². The lowest BCUT2D eigenvalue weighted by Crippen LogP contribution is -2.19. The van der Waals surface area contributed by atoms with Crippen LogP contribution >= 0.6 is 0 Å². The maximum Gasteiger partial charge on any atom is 0.221 e. The number of Topliss-reactive ketones (excluding diaryl/α,β-unsaturated/α-hetero) is 1. The molecule has 1 heterocycles. The fourth-order valence-corrected chi connectivity index (χ4v) is 2.52. The third-order valence-electron chi connectivity index (χ3n) is 2.96. The van der Waals surface area contributed by atoms with Gasteiger partial charge in [-0.25, -0.2) is 8.78 Å². The first-order chi connectivity index (χ1) is 9.90. The Kier molecular flexibility index (Phi) is 4.56. The minimum atomic E-state index is -1.32. The van der Waals surface area contributed by atoms with Crippen molar-refractivity contribution in [3.05, 3.63) is 41.7 Å². The number of carbonyl (C=O) groups excluding carboxylic acids is 1. The van der Waals surface area contributed by atoms with Gasteiger partial charge < -0.3 is 4.57 Å². The Hall–Kier alpha value is -1.96. The van der Waals surface area contributed by atoms with Gasteiger partial charge in [0.15, 0.2) is 17.4 Å². The molecule has 0 radical (unpaired) electrons. The van der Waals surface area contributed by atoms with E-state index in [4.69, 9.17) is 0 Å². The van der Waals surface area contributed by atoms with Crippen molar-refractivity contribution < 1.29 is 17.8 Å². The molecule has 21 heavy (non-hydrogen) atoms. The molecule has 0 aliphatic carbocycles. The fraction of sp³-hybridized carbons (Fsp3) is 0.308. The molecule has 2 unspecified atom stereocenters. The summed E-state index contributed by atoms with van der Waals surface area (Å²) in [6, 6.07) is 3.03. The van der Waals surface area contributed by atoms with Crippen LogP contribution in [0.1, 0.15) is 17.3 Å². The summed E-state index contributed by atoms with van der Waals surface area (Å²) in [5, 5.41) is 7.64. The molecule has 8 heteroatoms. The predicted molar refractivity (Wildman–Crippen MR) is 72.2 cm³/mol. The van der Waals surface area contributed by atoms with Crippen molar-refractivity contribution in [3.8, 4) is 0 Å². The van der Waals surface area contributed by atoms with E-state index < -0.39 is 28.4 Å². The highest BCUT2D eigenvalue weighted by Crippen LogP contribution is 2.15. The lowest BCUT2D eigenvalue weighted by molar-refractivity contribution is 0.0916. The van der Waals surface area contributed by atoms with E-state index in [0.29, 0.717) is 0 Å². The Morgan fingerprint density at radius 3 is 2.71 bits per heavy atom. The fourth-order valence-electron chi connectivity index (χ4n) is 1.90. The number of halogens is 2. The van der Waals surface area contributed by atoms with E-state index >= 15 is 0 Å². The summed E-state index contributed by atoms with van der Waals surface area (Å²) >= 11 is 0. The summed E-state index contributed by atoms with van der Waals surface area (Å²) < 4.78 is 39.0. The van der Waals surface area contributed by atoms with Gasteiger partial charge in [-0.3, -0.25) is 9.00 Å². The van der Waals surface area contributed by atoms with Crippen LogP contribution in [0.4, 0.5) is 8.78 Å². The van der Waals surface area contributed by atoms with Crippen LogP contribution in [0.3, 0.4) is 0 Å². The number of carbonyl (C=O) groups is 1. The molecular weight excluding hydrogens is 300 g/mol. The van der Waals surface area contributed by atoms with E-state index in [2.05, 4.69) is 10.2 Å². The molecule has 0 spiro atoms. The molecule has 0 saturated heterocycles. The Bertz CT molecular complexity index is 702. The second-order valence-corrected chi connectivity index (χ2v) is 5.89. The number of ketones is 1. The van der Waals surface area contributed by atoms with Crippen molar-refractivity contribution >= 4 is 16.6 Å². The van der Waals surface area contributed by atoms with E-state index in [1.807, 2.05) is 0 Å². The maximum absolute atomic E-state index is 13.2. The Morgan fingerprint density at radius 2 is 2.10 bits per heavy atom. The number of aromatic nitrogens is 3. The van der Waals surface area contributed by atoms with Gasteiger partial charge >= 0.3 is 0 Å². The van der Waals surface area contributed by atoms with Crippen molar-refractivity contribution in [1.29, 1.82) is 0 Å². The smallest absolute Gasteiger partial charge is 0.221 e. The van der Waals surface area contributed by atoms with Crippen molar-refractivity contribution in [2.24, 2.45) is 5.92 Å². The monoisotopic (exact) mass is 313 g/mol. The second-order valence-electron chi connectivity index (χ2n) is 4.61. The average Bonchev–Trinajstić information content (AvgIpc) is 2.89. The van der Waals surface area contributed by atoms with Crippen molar-refractivity contribution in [1.82, 2.24) is 14.8 Å². The van der Waals surface area contributed by atoms with Gasteiger partial charge in [-0.1, -0.05) is 6.92 Å². The van der Waals surface area contributed by atoms with E-state index in [9.17, 15) is 17.8 Å². The van der Waals surface area contributed by atoms with Gasteiger partial charge in [0.2, 0.25) is 5.16 Å². The lowest BCUT2D eigenvalue weighted by atomic mass is 9.99. The Labute approximate surface area is 122 Å². The molecule has 5 nitrogen and oxygen atoms in total. The van der Waals surface area contributed by atoms with E-state index in [1.165, 1.54) is 23.2 Å². The van der Waals surface area contributed by atoms with Crippen LogP contribution in [-0.4, -0.2) is 31.0 Å². The number of benzene rings is 1. The predicted octanol–water partition coefficient (Wildman–Crippen LogP) is 1.81. The summed E-state index contributed by atoms with van der Waals surface area (Å²) in [5.74, 6) is -2.92. The van der Waals surface area contributed by atoms with Gasteiger partial charge in [0.1, 0.15) is 6.33 Å². The van der Waals surface area contributed by atoms with Gasteiger partial charge in [0.05, 0.1) is 10.8 Å². The Balaban J connectivity index is 2.17. The molecule has 0 aliphatic rings. The zero-order valence-corrected chi connectivity index (χ0v) is 12.2. The highest BCUT2D eigenvalue weighted by Gasteiger charge is 2.19. The van der Waals surface area contributed by atoms with Crippen LogP contribution in [0, 0.1) is 17.6 Å². The van der Waals surface area contributed by atoms with E-state index in [1.54, 1.807) is 6.92 Å². The van der Waals surface area contributed by atoms with Crippen molar-refractivity contribution in [2.75, 3.05) is 6.26 Å². The van der Waals surface area contributed by atoms with Gasteiger partial charge in [-0.15, -0.1) is 10.2 Å². The summed E-state index contributed by atoms with van der Waals surface area (Å²) in [4.78, 5) is 12.2. The second kappa shape index (κ2) is 6.21. The molecule has 0 aliphatic heterocycles. The number of rotatable bonds is 5. The Morgan fingerprint density at radius 1 is 1.38 bits per heavy atom. The molecule has 2 rings (SSSR count). The highest BCUT2D eigenvalue weighted by atomic mass is 32.2. The minimum Gasteiger partial charge on any atom is -0.306 e. The standard InChI is InChI=1S/C13H13F2N3O2S/c1-8(6-18-7-16-17-13(18)21(2)20)12(19)9-3-4-10(14)11(15)5-9/h3-5,7-8H,6H2,1-2H3. The molecule has 0 fully saturated rings. The summed E-state index contributed by atoms with van der Waals surface area (Å²) in [6.07, 6.45) is 2.84. The molecule has 0 saturated carbocycles. The number of nitrogens with zero attached hydrogens (tertiary/aromatic N) is 3. The normalized spacial score (nSPS) is 13.9. The largest absolute Gasteiger partial charge is 0.306 e. The third kappa shape index (κ3) is 3.38. The van der Waals surface area contributed by atoms with Gasteiger partial charge in [0.25, 0.3) is 0 Å². The van der Waals surface area contributed by atoms with Gasteiger partial charge in [-0.05, 0) is 18.2 Å². The zero-order valence-electron chi connectivity index (χ0n) is 11.4. The first kappa shape index (κ1) is 15.4. The molecule has 0 bridgehead atoms. The molecule has 1 aromatic carbocycles. The van der Waals surface area contributed by atoms with Gasteiger partial charge in [0, 0.05) is 24.3 Å². The first-order valence-electron chi connectivity index (χ1n) is 6.10. The third-order valence-corrected chi connectivity index (χ3v) is 3.79. The maximum atomic E-state index is 13.2. The molecule has 0 N–H and O–H groups in total. The van der Waals surface area contributed by atoms with Crippen molar-refractivity contribution in [2.45, 2.75) is 18.6 Å². The van der Waals surface area contributed by atoms with Crippen molar-refractivity contribution in [3.63, 3.8) is 0 Å². The average molecular weight is 313 g/mol. The molecule has 0 amide bonds. The molecule has 2 atom stereocenters. The number of hydrogen-bond acceptors (Lipinski definition) is 4. The molecule has 112 valence electrons. The topological polar surface area (TPSA) is 64.8 Å². The number of hydrogen-bond donors (Lipinski definition) is 0. The van der Waals surface area contributed by atoms with Gasteiger partial charge in [-0.2, -0.15) is 0 Å². The van der Waals surface area contributed by atoms with Crippen LogP contribution in [0.2, 0.25) is 0 Å². The molecular formula is C13H13F2N3O2S. The lowest BCUT2D eigenvalue weighted by Gasteiger charge is -2.12. The van der Waals surface area contributed by atoms with Crippen LogP contribution < -0.4 is 0 Å². The SMILES string of the molecule is CC(Cn1cnnc1S(C)=O)C(=O)c1ccc(F)c(F)c1. The minimum absolute atomic E-state index is 0.0913. The van der Waals surface area contributed by atoms with Crippen LogP contribution in [-0.2, 0) is 17.3 Å². The summed E-state index contributed by atoms with van der Waals surface area (Å²) in [5.41, 5.74) is 0.0913. The zero-order chi connectivity index (χ0) is 15.6. The summed E-state index contributed by atoms with van der Waals surface area (Å²) in [6.45, 7) is 1.85. The van der Waals surface area contributed by atoms with Crippen LogP contribution in [0.15, 0.2) is 29.7 Å². The van der Waals surface area contributed by atoms with Crippen LogP contribution in [0.5, 0.6) is 0 Å².